The van der Waals surface area contributed by atoms with Gasteiger partial charge >= 0.3 is 0 Å². The molecule has 1 amide bonds. The second kappa shape index (κ2) is 10.6. The zero-order valence-corrected chi connectivity index (χ0v) is 20.4. The average molecular weight is 561 g/mol. The van der Waals surface area contributed by atoms with E-state index in [0.717, 1.165) is 21.2 Å². The van der Waals surface area contributed by atoms with E-state index in [1.165, 1.54) is 0 Å². The monoisotopic (exact) mass is 558 g/mol. The van der Waals surface area contributed by atoms with Crippen LogP contribution in [-0.2, 0) is 4.79 Å². The Kier molecular flexibility index (Phi) is 7.91. The number of amides is 1. The standard InChI is InChI=1S/C24H17Br2ClN2O2/c1-15-2-8-20(12-22(15)27)29-24(30)14-31-23-9-3-16(11-21(23)26)10-18(13-28)17-4-6-19(25)7-5-17/h2-12H,14H2,1H3,(H,29,30)/b18-10+. The van der Waals surface area contributed by atoms with E-state index in [1.807, 2.05) is 49.4 Å². The minimum atomic E-state index is -0.294. The van der Waals surface area contributed by atoms with E-state index in [2.05, 4.69) is 43.2 Å². The van der Waals surface area contributed by atoms with Gasteiger partial charge in [-0.1, -0.05) is 51.8 Å². The normalized spacial score (nSPS) is 11.0. The molecule has 3 rings (SSSR count). The summed E-state index contributed by atoms with van der Waals surface area (Å²) in [7, 11) is 0. The number of anilines is 1. The fourth-order valence-electron chi connectivity index (χ4n) is 2.71. The van der Waals surface area contributed by atoms with E-state index >= 15 is 0 Å². The number of hydrogen-bond acceptors (Lipinski definition) is 3. The number of carbonyl (C=O) groups excluding carboxylic acids is 1. The van der Waals surface area contributed by atoms with E-state index in [-0.39, 0.29) is 12.5 Å². The molecule has 0 saturated heterocycles. The summed E-state index contributed by atoms with van der Waals surface area (Å²) in [6.07, 6.45) is 1.80. The van der Waals surface area contributed by atoms with Gasteiger partial charge in [0.05, 0.1) is 16.1 Å². The minimum Gasteiger partial charge on any atom is -0.483 e. The number of halogens is 3. The van der Waals surface area contributed by atoms with Gasteiger partial charge in [-0.05, 0) is 82.0 Å². The molecule has 1 N–H and O–H groups in total. The molecule has 0 saturated carbocycles. The maximum Gasteiger partial charge on any atom is 0.262 e. The van der Waals surface area contributed by atoms with Crippen LogP contribution in [0, 0.1) is 18.3 Å². The first-order valence-corrected chi connectivity index (χ1v) is 11.2. The van der Waals surface area contributed by atoms with Crippen molar-refractivity contribution in [3.8, 4) is 11.8 Å². The molecule has 0 aromatic heterocycles. The van der Waals surface area contributed by atoms with Crippen LogP contribution in [0.25, 0.3) is 11.6 Å². The first-order valence-electron chi connectivity index (χ1n) is 9.22. The summed E-state index contributed by atoms with van der Waals surface area (Å²) in [6.45, 7) is 1.74. The number of carbonyl (C=O) groups is 1. The summed E-state index contributed by atoms with van der Waals surface area (Å²) < 4.78 is 7.26. The highest BCUT2D eigenvalue weighted by Gasteiger charge is 2.09. The van der Waals surface area contributed by atoms with Crippen LogP contribution >= 0.6 is 43.5 Å². The molecule has 0 unspecified atom stereocenters. The molecule has 0 spiro atoms. The summed E-state index contributed by atoms with van der Waals surface area (Å²) in [5.41, 5.74) is 3.76. The number of benzene rings is 3. The average Bonchev–Trinajstić information content (AvgIpc) is 2.75. The lowest BCUT2D eigenvalue weighted by Gasteiger charge is -2.10. The Morgan fingerprint density at radius 1 is 1.13 bits per heavy atom. The van der Waals surface area contributed by atoms with Crippen molar-refractivity contribution in [2.75, 3.05) is 11.9 Å². The fraction of sp³-hybridized carbons (Fsp3) is 0.0833. The van der Waals surface area contributed by atoms with Crippen molar-refractivity contribution < 1.29 is 9.53 Å². The molecule has 4 nitrogen and oxygen atoms in total. The Hall–Kier alpha value is -2.59. The van der Waals surface area contributed by atoms with E-state index in [9.17, 15) is 10.1 Å². The number of aryl methyl sites for hydroxylation is 1. The van der Waals surface area contributed by atoms with Crippen LogP contribution in [0.2, 0.25) is 5.02 Å². The molecular weight excluding hydrogens is 544 g/mol. The van der Waals surface area contributed by atoms with Gasteiger partial charge in [0.2, 0.25) is 0 Å². The first-order chi connectivity index (χ1) is 14.9. The number of allylic oxidation sites excluding steroid dienone is 1. The highest BCUT2D eigenvalue weighted by Crippen LogP contribution is 2.28. The van der Waals surface area contributed by atoms with E-state index < -0.39 is 0 Å². The van der Waals surface area contributed by atoms with Crippen LogP contribution in [0.5, 0.6) is 5.75 Å². The van der Waals surface area contributed by atoms with Crippen molar-refractivity contribution in [2.24, 2.45) is 0 Å². The van der Waals surface area contributed by atoms with Crippen molar-refractivity contribution in [3.05, 3.63) is 91.3 Å². The summed E-state index contributed by atoms with van der Waals surface area (Å²) in [4.78, 5) is 12.2. The Morgan fingerprint density at radius 3 is 2.52 bits per heavy atom. The van der Waals surface area contributed by atoms with Crippen LogP contribution < -0.4 is 10.1 Å². The molecular formula is C24H17Br2ClN2O2. The topological polar surface area (TPSA) is 62.1 Å². The second-order valence-corrected chi connectivity index (χ2v) is 8.84. The molecule has 0 radical (unpaired) electrons. The zero-order valence-electron chi connectivity index (χ0n) is 16.5. The quantitative estimate of drug-likeness (QED) is 0.255. The lowest BCUT2D eigenvalue weighted by atomic mass is 10.0. The van der Waals surface area contributed by atoms with Crippen molar-refractivity contribution in [2.45, 2.75) is 6.92 Å². The molecule has 0 aliphatic rings. The van der Waals surface area contributed by atoms with Gasteiger partial charge < -0.3 is 10.1 Å². The fourth-order valence-corrected chi connectivity index (χ4v) is 3.67. The molecule has 156 valence electrons. The smallest absolute Gasteiger partial charge is 0.262 e. The molecule has 31 heavy (non-hydrogen) atoms. The molecule has 3 aromatic rings. The SMILES string of the molecule is Cc1ccc(NC(=O)COc2ccc(/C=C(\C#N)c3ccc(Br)cc3)cc2Br)cc1Cl. The maximum absolute atomic E-state index is 12.2. The first kappa shape index (κ1) is 23.1. The number of ether oxygens (including phenoxy) is 1. The minimum absolute atomic E-state index is 0.151. The number of nitrogens with zero attached hydrogens (tertiary/aromatic N) is 1. The predicted octanol–water partition coefficient (Wildman–Crippen LogP) is 7.26. The lowest BCUT2D eigenvalue weighted by molar-refractivity contribution is -0.118. The van der Waals surface area contributed by atoms with E-state index in [1.54, 1.807) is 24.3 Å². The summed E-state index contributed by atoms with van der Waals surface area (Å²) in [6, 6.07) is 20.5. The van der Waals surface area contributed by atoms with Crippen LogP contribution in [0.4, 0.5) is 5.69 Å². The van der Waals surface area contributed by atoms with Gasteiger partial charge in [0, 0.05) is 15.2 Å². The lowest BCUT2D eigenvalue weighted by Crippen LogP contribution is -2.20. The van der Waals surface area contributed by atoms with Crippen LogP contribution in [0.15, 0.2) is 69.6 Å². The third-order valence-electron chi connectivity index (χ3n) is 4.36. The molecule has 0 atom stereocenters. The largest absolute Gasteiger partial charge is 0.483 e. The number of nitrogens with one attached hydrogen (secondary N) is 1. The third-order valence-corrected chi connectivity index (χ3v) is 5.91. The third kappa shape index (κ3) is 6.44. The molecule has 0 fully saturated rings. The molecule has 0 aliphatic heterocycles. The number of hydrogen-bond donors (Lipinski definition) is 1. The van der Waals surface area contributed by atoms with Gasteiger partial charge in [-0.2, -0.15) is 5.26 Å². The molecule has 7 heteroatoms. The summed E-state index contributed by atoms with van der Waals surface area (Å²) in [5.74, 6) is 0.231. The second-order valence-electron chi connectivity index (χ2n) is 6.67. The summed E-state index contributed by atoms with van der Waals surface area (Å²) in [5, 5.41) is 12.9. The van der Waals surface area contributed by atoms with Crippen molar-refractivity contribution in [3.63, 3.8) is 0 Å². The number of rotatable bonds is 6. The highest BCUT2D eigenvalue weighted by molar-refractivity contribution is 9.10. The van der Waals surface area contributed by atoms with Crippen molar-refractivity contribution in [1.82, 2.24) is 0 Å². The van der Waals surface area contributed by atoms with Gasteiger partial charge in [0.1, 0.15) is 5.75 Å². The van der Waals surface area contributed by atoms with Gasteiger partial charge in [0.15, 0.2) is 6.61 Å². The Bertz CT molecular complexity index is 1190. The Balaban J connectivity index is 1.66. The van der Waals surface area contributed by atoms with Gasteiger partial charge in [0.25, 0.3) is 5.91 Å². The number of nitriles is 1. The molecule has 3 aromatic carbocycles. The van der Waals surface area contributed by atoms with Crippen LogP contribution in [-0.4, -0.2) is 12.5 Å². The van der Waals surface area contributed by atoms with Gasteiger partial charge in [-0.25, -0.2) is 0 Å². The maximum atomic E-state index is 12.2. The van der Waals surface area contributed by atoms with Gasteiger partial charge in [-0.15, -0.1) is 0 Å². The Morgan fingerprint density at radius 2 is 1.87 bits per heavy atom. The van der Waals surface area contributed by atoms with Crippen LogP contribution in [0.3, 0.4) is 0 Å². The zero-order chi connectivity index (χ0) is 22.4. The highest BCUT2D eigenvalue weighted by atomic mass is 79.9. The molecule has 0 heterocycles. The van der Waals surface area contributed by atoms with E-state index in [0.29, 0.717) is 26.5 Å². The Labute approximate surface area is 202 Å². The van der Waals surface area contributed by atoms with Crippen molar-refractivity contribution in [1.29, 1.82) is 5.26 Å². The van der Waals surface area contributed by atoms with E-state index in [4.69, 9.17) is 16.3 Å². The van der Waals surface area contributed by atoms with Gasteiger partial charge in [-0.3, -0.25) is 4.79 Å². The van der Waals surface area contributed by atoms with Crippen molar-refractivity contribution >= 4 is 66.7 Å². The van der Waals surface area contributed by atoms with Crippen LogP contribution in [0.1, 0.15) is 16.7 Å². The predicted molar refractivity (Wildman–Crippen MR) is 132 cm³/mol. The molecule has 0 bridgehead atoms. The molecule has 0 aliphatic carbocycles. The summed E-state index contributed by atoms with van der Waals surface area (Å²) >= 11 is 12.9.